The van der Waals surface area contributed by atoms with Gasteiger partial charge in [0.1, 0.15) is 0 Å². The Balaban J connectivity index is 2.02. The number of hydrogen-bond acceptors (Lipinski definition) is 2. The Morgan fingerprint density at radius 2 is 1.18 bits per heavy atom. The summed E-state index contributed by atoms with van der Waals surface area (Å²) in [4.78, 5) is 20.8. The molecule has 3 rings (SSSR count). The van der Waals surface area contributed by atoms with Crippen LogP contribution in [0.4, 0.5) is 0 Å². The number of aryl methyl sites for hydroxylation is 1. The summed E-state index contributed by atoms with van der Waals surface area (Å²) in [6.07, 6.45) is 9.57. The van der Waals surface area contributed by atoms with Gasteiger partial charge in [-0.15, -0.1) is 0 Å². The molecule has 0 heterocycles. The molecule has 3 aromatic carbocycles. The molecule has 0 spiro atoms. The van der Waals surface area contributed by atoms with Gasteiger partial charge in [-0.25, -0.2) is 0 Å². The van der Waals surface area contributed by atoms with E-state index >= 15 is 0 Å². The van der Waals surface area contributed by atoms with E-state index in [9.17, 15) is 9.79 Å². The van der Waals surface area contributed by atoms with E-state index in [2.05, 4.69) is 13.0 Å². The average Bonchev–Trinajstić information content (AvgIpc) is 2.83. The molecule has 0 saturated carbocycles. The van der Waals surface area contributed by atoms with Gasteiger partial charge < -0.3 is 9.79 Å². The van der Waals surface area contributed by atoms with Crippen LogP contribution in [0, 0.1) is 0 Å². The van der Waals surface area contributed by atoms with E-state index in [-0.39, 0.29) is 0 Å². The highest BCUT2D eigenvalue weighted by atomic mass is 32.5. The van der Waals surface area contributed by atoms with Gasteiger partial charge in [0, 0.05) is 0 Å². The van der Waals surface area contributed by atoms with Gasteiger partial charge >= 0.3 is 6.72 Å². The molecule has 0 radical (unpaired) electrons. The highest BCUT2D eigenvalue weighted by Gasteiger charge is 2.42. The summed E-state index contributed by atoms with van der Waals surface area (Å²) in [5, 5.41) is 0. The molecule has 3 nitrogen and oxygen atoms in total. The topological polar surface area (TPSA) is 49.7 Å². The maximum absolute atomic E-state index is 10.4. The fourth-order valence-corrected chi connectivity index (χ4v) is 5.51. The summed E-state index contributed by atoms with van der Waals surface area (Å²) in [6, 6.07) is 27.6. The third-order valence-corrected chi connectivity index (χ3v) is 6.80. The van der Waals surface area contributed by atoms with Gasteiger partial charge in [0.25, 0.3) is 0 Å². The van der Waals surface area contributed by atoms with Crippen molar-refractivity contribution in [3.8, 4) is 0 Å². The molecule has 0 unspecified atom stereocenters. The summed E-state index contributed by atoms with van der Waals surface area (Å²) in [5.41, 5.74) is 2.48. The molecule has 0 fully saturated rings. The quantitative estimate of drug-likeness (QED) is 0.150. The van der Waals surface area contributed by atoms with Gasteiger partial charge in [0.2, 0.25) is 0 Å². The molecule has 0 amide bonds. The predicted octanol–water partition coefficient (Wildman–Crippen LogP) is 7.50. The van der Waals surface area contributed by atoms with Crippen molar-refractivity contribution in [2.75, 3.05) is 0 Å². The normalized spacial score (nSPS) is 12.1. The lowest BCUT2D eigenvalue weighted by Gasteiger charge is -2.38. The fraction of sp³-hybridized carbons (Fsp3) is 0.357. The fourth-order valence-electron chi connectivity index (χ4n) is 4.51. The van der Waals surface area contributed by atoms with E-state index in [0.29, 0.717) is 0 Å². The Labute approximate surface area is 203 Å². The van der Waals surface area contributed by atoms with Crippen LogP contribution >= 0.6 is 6.72 Å². The molecule has 0 bridgehead atoms. The molecule has 33 heavy (non-hydrogen) atoms. The molecule has 176 valence electrons. The van der Waals surface area contributed by atoms with Gasteiger partial charge in [0.15, 0.2) is 5.60 Å². The summed E-state index contributed by atoms with van der Waals surface area (Å²) in [7, 11) is 0. The van der Waals surface area contributed by atoms with Gasteiger partial charge in [-0.1, -0.05) is 130 Å². The third-order valence-electron chi connectivity index (χ3n) is 6.06. The molecule has 0 aliphatic rings. The maximum Gasteiger partial charge on any atom is 0.323 e. The Morgan fingerprint density at radius 1 is 0.697 bits per heavy atom. The Kier molecular flexibility index (Phi) is 9.85. The first-order valence-corrected chi connectivity index (χ1v) is 14.6. The van der Waals surface area contributed by atoms with Crippen LogP contribution in [-0.2, 0) is 28.4 Å². The van der Waals surface area contributed by atoms with Crippen molar-refractivity contribution in [1.29, 1.82) is 0 Å². The summed E-state index contributed by atoms with van der Waals surface area (Å²) in [6.45, 7) is -1.78. The summed E-state index contributed by atoms with van der Waals surface area (Å²) >= 11 is 5.03. The minimum absolute atomic E-state index is 0.820. The molecule has 0 atom stereocenters. The van der Waals surface area contributed by atoms with E-state index in [4.69, 9.17) is 16.3 Å². The van der Waals surface area contributed by atoms with E-state index in [1.165, 1.54) is 38.5 Å². The van der Waals surface area contributed by atoms with Crippen molar-refractivity contribution in [2.45, 2.75) is 63.9 Å². The lowest BCUT2D eigenvalue weighted by molar-refractivity contribution is 0.126. The van der Waals surface area contributed by atoms with Gasteiger partial charge in [-0.05, 0) is 46.9 Å². The first-order chi connectivity index (χ1) is 16.0. The molecular formula is C28H35O3PS. The summed E-state index contributed by atoms with van der Waals surface area (Å²) in [5.74, 6) is 0. The number of hydrogen-bond donors (Lipinski definition) is 2. The molecule has 3 aromatic rings. The van der Waals surface area contributed by atoms with Gasteiger partial charge in [0.05, 0.1) is 0 Å². The standard InChI is InChI=1S/C28H35O3PS/c1-2-3-4-5-6-7-10-17-24-18-15-16-23-27(24)28(31-32(29,30)33,25-19-11-8-12-20-25)26-21-13-9-14-22-26/h8-9,11-16,18-23H,2-7,10,17H2,1H3,(H2,29,30,33). The van der Waals surface area contributed by atoms with E-state index in [1.54, 1.807) is 0 Å². The van der Waals surface area contributed by atoms with E-state index in [1.807, 2.05) is 78.9 Å². The highest BCUT2D eigenvalue weighted by Crippen LogP contribution is 2.53. The van der Waals surface area contributed by atoms with Crippen LogP contribution in [0.1, 0.15) is 74.1 Å². The molecule has 5 heteroatoms. The van der Waals surface area contributed by atoms with E-state index in [0.717, 1.165) is 35.1 Å². The lowest BCUT2D eigenvalue weighted by atomic mass is 9.77. The zero-order valence-electron chi connectivity index (χ0n) is 19.4. The second-order valence-corrected chi connectivity index (χ2v) is 11.1. The van der Waals surface area contributed by atoms with Gasteiger partial charge in [-0.3, -0.25) is 4.52 Å². The second-order valence-electron chi connectivity index (χ2n) is 8.52. The molecular weight excluding hydrogens is 447 g/mol. The van der Waals surface area contributed by atoms with Crippen molar-refractivity contribution in [3.63, 3.8) is 0 Å². The first-order valence-electron chi connectivity index (χ1n) is 11.9. The summed E-state index contributed by atoms with van der Waals surface area (Å²) < 4.78 is 6.13. The highest BCUT2D eigenvalue weighted by molar-refractivity contribution is 8.06. The van der Waals surface area contributed by atoms with Crippen molar-refractivity contribution in [1.82, 2.24) is 0 Å². The predicted molar refractivity (Wildman–Crippen MR) is 141 cm³/mol. The zero-order valence-corrected chi connectivity index (χ0v) is 21.1. The van der Waals surface area contributed by atoms with Crippen LogP contribution in [0.3, 0.4) is 0 Å². The second kappa shape index (κ2) is 12.6. The zero-order chi connectivity index (χ0) is 23.6. The van der Waals surface area contributed by atoms with Crippen molar-refractivity contribution >= 4 is 18.5 Å². The van der Waals surface area contributed by atoms with E-state index < -0.39 is 12.3 Å². The molecule has 0 aliphatic heterocycles. The average molecular weight is 483 g/mol. The minimum atomic E-state index is -4.02. The van der Waals surface area contributed by atoms with Crippen LogP contribution in [0.2, 0.25) is 0 Å². The SMILES string of the molecule is CCCCCCCCCc1ccccc1C(OP(O)(O)=S)(c1ccccc1)c1ccccc1. The van der Waals surface area contributed by atoms with Gasteiger partial charge in [-0.2, -0.15) is 0 Å². The molecule has 0 aliphatic carbocycles. The first kappa shape index (κ1) is 25.8. The molecule has 0 saturated heterocycles. The molecule has 0 aromatic heterocycles. The maximum atomic E-state index is 10.4. The minimum Gasteiger partial charge on any atom is -0.324 e. The lowest BCUT2D eigenvalue weighted by Crippen LogP contribution is -2.33. The number of rotatable bonds is 13. The third kappa shape index (κ3) is 7.09. The Morgan fingerprint density at radius 3 is 1.73 bits per heavy atom. The number of benzene rings is 3. The van der Waals surface area contributed by atoms with Crippen LogP contribution in [-0.4, -0.2) is 9.79 Å². The smallest absolute Gasteiger partial charge is 0.323 e. The van der Waals surface area contributed by atoms with Crippen molar-refractivity contribution in [2.24, 2.45) is 0 Å². The monoisotopic (exact) mass is 482 g/mol. The van der Waals surface area contributed by atoms with Crippen LogP contribution in [0.5, 0.6) is 0 Å². The Hall–Kier alpha value is -1.81. The van der Waals surface area contributed by atoms with Crippen molar-refractivity contribution in [3.05, 3.63) is 107 Å². The van der Waals surface area contributed by atoms with Crippen LogP contribution < -0.4 is 0 Å². The van der Waals surface area contributed by atoms with Crippen LogP contribution in [0.15, 0.2) is 84.9 Å². The number of unbranched alkanes of at least 4 members (excludes halogenated alkanes) is 6. The molecule has 2 N–H and O–H groups in total. The van der Waals surface area contributed by atoms with Crippen molar-refractivity contribution < 1.29 is 14.3 Å². The largest absolute Gasteiger partial charge is 0.324 e. The Bertz CT molecular complexity index is 978. The van der Waals surface area contributed by atoms with Crippen LogP contribution in [0.25, 0.3) is 0 Å².